The number of phenolic OH excluding ortho intramolecular Hbond substituents is 4. The third kappa shape index (κ3) is 4.38. The van der Waals surface area contributed by atoms with Crippen LogP contribution in [0.3, 0.4) is 0 Å². The Morgan fingerprint density at radius 1 is 0.850 bits per heavy atom. The number of aromatic hydroxyl groups is 4. The average molecular weight is 543 g/mol. The maximum atomic E-state index is 12.4. The van der Waals surface area contributed by atoms with Crippen LogP contribution in [0.5, 0.6) is 23.0 Å². The summed E-state index contributed by atoms with van der Waals surface area (Å²) in [6.45, 7) is 2.32. The molecule has 2 fully saturated rings. The molecule has 0 unspecified atom stereocenters. The highest BCUT2D eigenvalue weighted by atomic mass is 16.3. The Kier molecular flexibility index (Phi) is 6.50. The van der Waals surface area contributed by atoms with Crippen molar-refractivity contribution in [2.45, 2.75) is 57.5 Å². The van der Waals surface area contributed by atoms with Crippen molar-refractivity contribution in [1.82, 2.24) is 0 Å². The van der Waals surface area contributed by atoms with E-state index in [0.717, 1.165) is 31.2 Å². The summed E-state index contributed by atoms with van der Waals surface area (Å²) in [5.74, 6) is 2.06. The van der Waals surface area contributed by atoms with Crippen LogP contribution in [0, 0.1) is 17.3 Å². The van der Waals surface area contributed by atoms with E-state index < -0.39 is 5.43 Å². The molecule has 5 atom stereocenters. The normalized spacial score (nSPS) is 26.8. The number of aliphatic hydroxyl groups excluding tert-OH is 1. The summed E-state index contributed by atoms with van der Waals surface area (Å²) in [6, 6.07) is 14.4. The minimum atomic E-state index is -0.408. The molecule has 0 radical (unpaired) electrons. The summed E-state index contributed by atoms with van der Waals surface area (Å²) >= 11 is 0. The number of rotatable bonds is 1. The maximum absolute atomic E-state index is 12.4. The Balaban J connectivity index is 0.000000145. The van der Waals surface area contributed by atoms with Crippen molar-refractivity contribution in [3.05, 3.63) is 82.2 Å². The third-order valence-electron chi connectivity index (χ3n) is 9.68. The standard InChI is InChI=1S/C18H24O2.C15H10O5/c1-18-9-8-14-13-5-3-12(19)10-11(13)2-4-15(14)16(18)6-7-17(18)20;16-9-3-1-8(2-4-9)11-7-20-13-6-10(17)5-12(18)14(13)15(11)19/h3,5,10,14-17,19-20H,2,4,6-9H2,1H3;1-7,16-18H/t14-,15-,16+,17+,18+;/m1./s1. The zero-order valence-corrected chi connectivity index (χ0v) is 22.4. The van der Waals surface area contributed by atoms with E-state index in [9.17, 15) is 30.3 Å². The number of benzene rings is 3. The summed E-state index contributed by atoms with van der Waals surface area (Å²) in [4.78, 5) is 12.4. The van der Waals surface area contributed by atoms with Gasteiger partial charge in [0.25, 0.3) is 0 Å². The second kappa shape index (κ2) is 9.89. The van der Waals surface area contributed by atoms with Gasteiger partial charge in [0.2, 0.25) is 5.43 Å². The van der Waals surface area contributed by atoms with Crippen LogP contribution in [0.2, 0.25) is 0 Å². The first-order valence-electron chi connectivity index (χ1n) is 13.9. The molecule has 0 amide bonds. The second-order valence-corrected chi connectivity index (χ2v) is 11.8. The Morgan fingerprint density at radius 2 is 1.60 bits per heavy atom. The van der Waals surface area contributed by atoms with E-state index in [-0.39, 0.29) is 45.3 Å². The van der Waals surface area contributed by atoms with Gasteiger partial charge in [0.1, 0.15) is 40.2 Å². The average Bonchev–Trinajstić information content (AvgIpc) is 3.23. The highest BCUT2D eigenvalue weighted by Gasteiger charge is 2.54. The van der Waals surface area contributed by atoms with E-state index in [4.69, 9.17) is 4.42 Å². The van der Waals surface area contributed by atoms with Crippen molar-refractivity contribution in [2.24, 2.45) is 17.3 Å². The van der Waals surface area contributed by atoms with E-state index in [1.165, 1.54) is 54.9 Å². The number of hydrogen-bond donors (Lipinski definition) is 5. The highest BCUT2D eigenvalue weighted by Crippen LogP contribution is 2.60. The number of aliphatic hydroxyl groups is 1. The van der Waals surface area contributed by atoms with Crippen molar-refractivity contribution in [3.8, 4) is 34.1 Å². The lowest BCUT2D eigenvalue weighted by atomic mass is 9.55. The molecule has 0 bridgehead atoms. The summed E-state index contributed by atoms with van der Waals surface area (Å²) in [6.07, 6.45) is 8.04. The molecule has 7 rings (SSSR count). The van der Waals surface area contributed by atoms with Gasteiger partial charge in [-0.3, -0.25) is 4.79 Å². The lowest BCUT2D eigenvalue weighted by Gasteiger charge is -2.50. The van der Waals surface area contributed by atoms with Crippen LogP contribution < -0.4 is 5.43 Å². The van der Waals surface area contributed by atoms with E-state index in [0.29, 0.717) is 23.1 Å². The van der Waals surface area contributed by atoms with E-state index in [1.54, 1.807) is 12.1 Å². The third-order valence-corrected chi connectivity index (χ3v) is 9.68. The highest BCUT2D eigenvalue weighted by molar-refractivity contribution is 5.88. The predicted octanol–water partition coefficient (Wildman–Crippen LogP) is 6.19. The molecular formula is C33H34O7. The molecule has 3 aliphatic carbocycles. The van der Waals surface area contributed by atoms with Crippen LogP contribution in [-0.2, 0) is 6.42 Å². The molecule has 7 nitrogen and oxygen atoms in total. The largest absolute Gasteiger partial charge is 0.508 e. The minimum Gasteiger partial charge on any atom is -0.508 e. The van der Waals surface area contributed by atoms with Crippen LogP contribution in [0.1, 0.15) is 56.1 Å². The Hall–Kier alpha value is -3.97. The summed E-state index contributed by atoms with van der Waals surface area (Å²) < 4.78 is 5.29. The van der Waals surface area contributed by atoms with E-state index >= 15 is 0 Å². The Labute approximate surface area is 232 Å². The molecule has 4 aromatic rings. The van der Waals surface area contributed by atoms with Gasteiger partial charge in [-0.15, -0.1) is 0 Å². The van der Waals surface area contributed by atoms with Gasteiger partial charge in [0, 0.05) is 12.1 Å². The fourth-order valence-corrected chi connectivity index (χ4v) is 7.60. The van der Waals surface area contributed by atoms with Gasteiger partial charge in [-0.2, -0.15) is 0 Å². The number of aryl methyl sites for hydroxylation is 1. The summed E-state index contributed by atoms with van der Waals surface area (Å²) in [7, 11) is 0. The van der Waals surface area contributed by atoms with Crippen LogP contribution in [0.25, 0.3) is 22.1 Å². The molecule has 208 valence electrons. The lowest BCUT2D eigenvalue weighted by molar-refractivity contribution is -0.0226. The molecule has 0 saturated heterocycles. The van der Waals surface area contributed by atoms with Crippen molar-refractivity contribution in [2.75, 3.05) is 0 Å². The van der Waals surface area contributed by atoms with Gasteiger partial charge in [0.15, 0.2) is 0 Å². The van der Waals surface area contributed by atoms with Crippen molar-refractivity contribution < 1.29 is 29.9 Å². The quantitative estimate of drug-likeness (QED) is 0.194. The molecule has 5 N–H and O–H groups in total. The molecule has 1 heterocycles. The predicted molar refractivity (Wildman–Crippen MR) is 152 cm³/mol. The first-order valence-corrected chi connectivity index (χ1v) is 13.9. The van der Waals surface area contributed by atoms with Crippen LogP contribution in [0.15, 0.2) is 70.1 Å². The van der Waals surface area contributed by atoms with Crippen molar-refractivity contribution in [3.63, 3.8) is 0 Å². The van der Waals surface area contributed by atoms with Gasteiger partial charge >= 0.3 is 0 Å². The number of hydrogen-bond acceptors (Lipinski definition) is 7. The molecule has 3 aliphatic rings. The zero-order chi connectivity index (χ0) is 28.2. The topological polar surface area (TPSA) is 131 Å². The molecule has 0 aliphatic heterocycles. The monoisotopic (exact) mass is 542 g/mol. The SMILES string of the molecule is C[C@]12CC[C@@H]3c4ccc(O)cc4CC[C@H]3[C@@H]1CC[C@@H]2O.O=c1c(-c2ccc(O)cc2)coc2cc(O)cc(O)c12. The Morgan fingerprint density at radius 3 is 2.38 bits per heavy atom. The van der Waals surface area contributed by atoms with Gasteiger partial charge in [-0.1, -0.05) is 25.1 Å². The van der Waals surface area contributed by atoms with Crippen LogP contribution in [-0.4, -0.2) is 31.6 Å². The van der Waals surface area contributed by atoms with E-state index in [2.05, 4.69) is 13.0 Å². The first-order chi connectivity index (χ1) is 19.2. The first kappa shape index (κ1) is 26.3. The minimum absolute atomic E-state index is 0.00775. The Bertz CT molecular complexity index is 1620. The molecule has 2 saturated carbocycles. The number of phenols is 4. The van der Waals surface area contributed by atoms with Crippen LogP contribution in [0.4, 0.5) is 0 Å². The fourth-order valence-electron chi connectivity index (χ4n) is 7.60. The summed E-state index contributed by atoms with van der Waals surface area (Å²) in [5, 5.41) is 48.5. The van der Waals surface area contributed by atoms with Crippen molar-refractivity contribution >= 4 is 11.0 Å². The molecule has 3 aromatic carbocycles. The maximum Gasteiger partial charge on any atom is 0.204 e. The number of fused-ring (bicyclic) bond motifs is 6. The van der Waals surface area contributed by atoms with Gasteiger partial charge in [-0.25, -0.2) is 0 Å². The molecule has 7 heteroatoms. The molecule has 40 heavy (non-hydrogen) atoms. The molecular weight excluding hydrogens is 508 g/mol. The van der Waals surface area contributed by atoms with Gasteiger partial charge in [0.05, 0.1) is 11.7 Å². The van der Waals surface area contributed by atoms with Crippen molar-refractivity contribution in [1.29, 1.82) is 0 Å². The zero-order valence-electron chi connectivity index (χ0n) is 22.4. The molecule has 0 spiro atoms. The van der Waals surface area contributed by atoms with Gasteiger partial charge < -0.3 is 29.9 Å². The lowest BCUT2D eigenvalue weighted by Crippen LogP contribution is -2.43. The smallest absolute Gasteiger partial charge is 0.204 e. The van der Waals surface area contributed by atoms with Crippen LogP contribution >= 0.6 is 0 Å². The fraction of sp³-hybridized carbons (Fsp3) is 0.364. The van der Waals surface area contributed by atoms with E-state index in [1.807, 2.05) is 12.1 Å². The second-order valence-electron chi connectivity index (χ2n) is 11.8. The van der Waals surface area contributed by atoms with Gasteiger partial charge in [-0.05, 0) is 103 Å². The molecule has 1 aromatic heterocycles. The summed E-state index contributed by atoms with van der Waals surface area (Å²) in [5.41, 5.74) is 3.51.